The fourth-order valence-corrected chi connectivity index (χ4v) is 3.54. The molecule has 1 aliphatic rings. The topological polar surface area (TPSA) is 112 Å². The van der Waals surface area contributed by atoms with Gasteiger partial charge in [-0.2, -0.15) is 0 Å². The average molecular weight is 416 g/mol. The van der Waals surface area contributed by atoms with Crippen LogP contribution < -0.4 is 15.2 Å². The van der Waals surface area contributed by atoms with E-state index < -0.39 is 0 Å². The molecular formula is C21H20N8O2. The van der Waals surface area contributed by atoms with Crippen LogP contribution in [0.4, 0.5) is 5.95 Å². The van der Waals surface area contributed by atoms with Gasteiger partial charge in [-0.25, -0.2) is 24.6 Å². The Morgan fingerprint density at radius 1 is 0.968 bits per heavy atom. The molecule has 1 aromatic carbocycles. The second kappa shape index (κ2) is 8.42. The molecule has 0 spiro atoms. The summed E-state index contributed by atoms with van der Waals surface area (Å²) in [4.78, 5) is 32.1. The molecule has 0 aliphatic carbocycles. The van der Waals surface area contributed by atoms with Gasteiger partial charge in [0.2, 0.25) is 5.95 Å². The Labute approximate surface area is 177 Å². The van der Waals surface area contributed by atoms with E-state index >= 15 is 0 Å². The van der Waals surface area contributed by atoms with E-state index in [4.69, 9.17) is 4.74 Å². The number of hydrogen-bond acceptors (Lipinski definition) is 9. The van der Waals surface area contributed by atoms with Crippen molar-refractivity contribution in [3.05, 3.63) is 59.4 Å². The predicted octanol–water partition coefficient (Wildman–Crippen LogP) is 1.72. The van der Waals surface area contributed by atoms with Crippen molar-refractivity contribution in [2.24, 2.45) is 0 Å². The van der Waals surface area contributed by atoms with Crippen LogP contribution in [0.2, 0.25) is 0 Å². The maximum absolute atomic E-state index is 12.9. The smallest absolute Gasteiger partial charge is 0.316 e. The van der Waals surface area contributed by atoms with Crippen LogP contribution in [0.1, 0.15) is 12.8 Å². The van der Waals surface area contributed by atoms with Crippen molar-refractivity contribution in [1.82, 2.24) is 34.9 Å². The standard InChI is InChI=1S/C21H20N8O2/c30-19-17-12-15(16-13-24-20(25-14-16)28-8-1-2-9-28)4-5-18(17)26-27-29(19)10-11-31-21-22-6-3-7-23-21/h3-7,12-14H,1-2,8-11H2. The molecule has 5 rings (SSSR count). The molecule has 0 saturated carbocycles. The summed E-state index contributed by atoms with van der Waals surface area (Å²) in [7, 11) is 0. The molecule has 10 heteroatoms. The van der Waals surface area contributed by atoms with Gasteiger partial charge in [0.15, 0.2) is 0 Å². The van der Waals surface area contributed by atoms with Gasteiger partial charge in [0.05, 0.1) is 11.9 Å². The Morgan fingerprint density at radius 2 is 1.74 bits per heavy atom. The van der Waals surface area contributed by atoms with E-state index in [0.29, 0.717) is 10.9 Å². The lowest BCUT2D eigenvalue weighted by Crippen LogP contribution is -2.27. The number of nitrogens with zero attached hydrogens (tertiary/aromatic N) is 8. The lowest BCUT2D eigenvalue weighted by Gasteiger charge is -2.14. The Bertz CT molecular complexity index is 1240. The van der Waals surface area contributed by atoms with Crippen LogP contribution in [-0.4, -0.2) is 54.6 Å². The number of aromatic nitrogens is 7. The molecule has 3 aromatic heterocycles. The highest BCUT2D eigenvalue weighted by Crippen LogP contribution is 2.23. The van der Waals surface area contributed by atoms with Crippen LogP contribution in [0, 0.1) is 0 Å². The molecule has 4 heterocycles. The van der Waals surface area contributed by atoms with E-state index in [1.165, 1.54) is 17.5 Å². The molecule has 0 unspecified atom stereocenters. The summed E-state index contributed by atoms with van der Waals surface area (Å²) < 4.78 is 6.73. The highest BCUT2D eigenvalue weighted by atomic mass is 16.5. The molecule has 0 N–H and O–H groups in total. The van der Waals surface area contributed by atoms with Gasteiger partial charge < -0.3 is 9.64 Å². The maximum atomic E-state index is 12.9. The van der Waals surface area contributed by atoms with Crippen LogP contribution in [0.15, 0.2) is 53.8 Å². The van der Waals surface area contributed by atoms with Crippen LogP contribution >= 0.6 is 0 Å². The lowest BCUT2D eigenvalue weighted by molar-refractivity contribution is 0.265. The van der Waals surface area contributed by atoms with Crippen molar-refractivity contribution in [3.63, 3.8) is 0 Å². The van der Waals surface area contributed by atoms with Crippen molar-refractivity contribution in [3.8, 4) is 17.1 Å². The van der Waals surface area contributed by atoms with Crippen molar-refractivity contribution in [2.45, 2.75) is 19.4 Å². The van der Waals surface area contributed by atoms with Crippen molar-refractivity contribution in [1.29, 1.82) is 0 Å². The summed E-state index contributed by atoms with van der Waals surface area (Å²) >= 11 is 0. The zero-order valence-electron chi connectivity index (χ0n) is 16.8. The molecule has 0 radical (unpaired) electrons. The third-order valence-corrected chi connectivity index (χ3v) is 5.16. The normalized spacial score (nSPS) is 13.6. The van der Waals surface area contributed by atoms with E-state index in [1.807, 2.05) is 6.07 Å². The van der Waals surface area contributed by atoms with E-state index in [9.17, 15) is 4.79 Å². The Morgan fingerprint density at radius 3 is 2.52 bits per heavy atom. The highest BCUT2D eigenvalue weighted by molar-refractivity contribution is 5.83. The van der Waals surface area contributed by atoms with Crippen molar-refractivity contribution < 1.29 is 4.74 Å². The van der Waals surface area contributed by atoms with Crippen molar-refractivity contribution >= 4 is 16.9 Å². The van der Waals surface area contributed by atoms with Gasteiger partial charge in [-0.3, -0.25) is 4.79 Å². The molecule has 10 nitrogen and oxygen atoms in total. The second-order valence-corrected chi connectivity index (χ2v) is 7.20. The molecule has 1 saturated heterocycles. The minimum Gasteiger partial charge on any atom is -0.461 e. The number of hydrogen-bond donors (Lipinski definition) is 0. The van der Waals surface area contributed by atoms with Crippen LogP contribution in [0.3, 0.4) is 0 Å². The SMILES string of the molecule is O=c1c2cc(-c3cnc(N4CCCC4)nc3)ccc2nnn1CCOc1ncccn1. The van der Waals surface area contributed by atoms with Crippen LogP contribution in [0.25, 0.3) is 22.0 Å². The van der Waals surface area contributed by atoms with E-state index in [0.717, 1.165) is 30.2 Å². The predicted molar refractivity (Wildman–Crippen MR) is 114 cm³/mol. The van der Waals surface area contributed by atoms with Crippen LogP contribution in [-0.2, 0) is 6.54 Å². The number of ether oxygens (including phenoxy) is 1. The maximum Gasteiger partial charge on any atom is 0.316 e. The molecule has 1 fully saturated rings. The number of fused-ring (bicyclic) bond motifs is 1. The first-order valence-electron chi connectivity index (χ1n) is 10.1. The quantitative estimate of drug-likeness (QED) is 0.464. The third kappa shape index (κ3) is 4.04. The summed E-state index contributed by atoms with van der Waals surface area (Å²) in [5.41, 5.74) is 1.99. The Kier molecular flexibility index (Phi) is 5.17. The first kappa shape index (κ1) is 19.0. The summed E-state index contributed by atoms with van der Waals surface area (Å²) in [5.74, 6) is 0.748. The zero-order chi connectivity index (χ0) is 21.0. The molecule has 156 valence electrons. The average Bonchev–Trinajstić information content (AvgIpc) is 3.36. The monoisotopic (exact) mass is 416 g/mol. The van der Waals surface area contributed by atoms with Gasteiger partial charge in [0.1, 0.15) is 12.1 Å². The summed E-state index contributed by atoms with van der Waals surface area (Å²) in [6.07, 6.45) is 9.12. The summed E-state index contributed by atoms with van der Waals surface area (Å²) in [6.45, 7) is 2.43. The fourth-order valence-electron chi connectivity index (χ4n) is 3.54. The van der Waals surface area contributed by atoms with Crippen LogP contribution in [0.5, 0.6) is 6.01 Å². The summed E-state index contributed by atoms with van der Waals surface area (Å²) in [6, 6.07) is 7.44. The lowest BCUT2D eigenvalue weighted by atomic mass is 10.1. The van der Waals surface area contributed by atoms with Crippen molar-refractivity contribution in [2.75, 3.05) is 24.6 Å². The van der Waals surface area contributed by atoms with E-state index in [-0.39, 0.29) is 24.7 Å². The van der Waals surface area contributed by atoms with Gasteiger partial charge in [-0.1, -0.05) is 11.3 Å². The van der Waals surface area contributed by atoms with Gasteiger partial charge in [-0.05, 0) is 36.6 Å². The van der Waals surface area contributed by atoms with Gasteiger partial charge >= 0.3 is 6.01 Å². The highest BCUT2D eigenvalue weighted by Gasteiger charge is 2.15. The number of benzene rings is 1. The Balaban J connectivity index is 1.37. The number of anilines is 1. The molecule has 4 aromatic rings. The third-order valence-electron chi connectivity index (χ3n) is 5.16. The fraction of sp³-hybridized carbons (Fsp3) is 0.286. The minimum atomic E-state index is -0.237. The largest absolute Gasteiger partial charge is 0.461 e. The van der Waals surface area contributed by atoms with E-state index in [2.05, 4.69) is 35.1 Å². The van der Waals surface area contributed by atoms with E-state index in [1.54, 1.807) is 43.0 Å². The molecule has 1 aliphatic heterocycles. The summed E-state index contributed by atoms with van der Waals surface area (Å²) in [5, 5.41) is 8.63. The zero-order valence-corrected chi connectivity index (χ0v) is 16.8. The first-order chi connectivity index (χ1) is 15.3. The molecule has 0 atom stereocenters. The molecule has 0 amide bonds. The van der Waals surface area contributed by atoms with Gasteiger partial charge in [0, 0.05) is 43.4 Å². The molecular weight excluding hydrogens is 396 g/mol. The Hall–Kier alpha value is -3.95. The van der Waals surface area contributed by atoms with Gasteiger partial charge in [0.25, 0.3) is 5.56 Å². The molecule has 0 bridgehead atoms. The minimum absolute atomic E-state index is 0.204. The van der Waals surface area contributed by atoms with Gasteiger partial charge in [-0.15, -0.1) is 5.10 Å². The first-order valence-corrected chi connectivity index (χ1v) is 10.1. The number of rotatable bonds is 6. The second-order valence-electron chi connectivity index (χ2n) is 7.20. The molecule has 31 heavy (non-hydrogen) atoms.